The summed E-state index contributed by atoms with van der Waals surface area (Å²) < 4.78 is 70.4. The topological polar surface area (TPSA) is 228 Å². The van der Waals surface area contributed by atoms with Gasteiger partial charge < -0.3 is 44.2 Å². The van der Waals surface area contributed by atoms with E-state index in [-0.39, 0.29) is 19.8 Å². The van der Waals surface area contributed by atoms with Crippen molar-refractivity contribution in [1.82, 2.24) is 0 Å². The Morgan fingerprint density at radius 3 is 0.944 bits per heavy atom. The lowest BCUT2D eigenvalue weighted by Crippen LogP contribution is -2.67. The third kappa shape index (κ3) is 10.4. The molecule has 9 atom stereocenters. The van der Waals surface area contributed by atoms with Crippen LogP contribution in [0.1, 0.15) is 40.0 Å². The molecular formula is C18H39O15P3. The fraction of sp³-hybridized carbons (Fsp3) is 1.00. The molecule has 18 heteroatoms. The van der Waals surface area contributed by atoms with Gasteiger partial charge in [0.1, 0.15) is 55.7 Å². The fourth-order valence-electron chi connectivity index (χ4n) is 3.48. The van der Waals surface area contributed by atoms with Crippen molar-refractivity contribution in [2.75, 3.05) is 38.9 Å². The maximum absolute atomic E-state index is 12.4. The van der Waals surface area contributed by atoms with Crippen molar-refractivity contribution in [2.45, 2.75) is 76.7 Å². The van der Waals surface area contributed by atoms with Crippen LogP contribution in [0.4, 0.5) is 0 Å². The van der Waals surface area contributed by atoms with E-state index in [2.05, 4.69) is 0 Å². The van der Waals surface area contributed by atoms with E-state index in [4.69, 9.17) is 27.8 Å². The predicted octanol–water partition coefficient (Wildman–Crippen LogP) is 0.947. The van der Waals surface area contributed by atoms with Gasteiger partial charge in [0.05, 0.1) is 0 Å². The van der Waals surface area contributed by atoms with Gasteiger partial charge >= 0.3 is 22.8 Å². The Bertz CT molecular complexity index is 737. The highest BCUT2D eigenvalue weighted by Gasteiger charge is 2.59. The third-order valence-corrected chi connectivity index (χ3v) is 7.67. The number of hydrogen-bond donors (Lipinski definition) is 6. The van der Waals surface area contributed by atoms with Crippen molar-refractivity contribution >= 4 is 22.8 Å². The lowest BCUT2D eigenvalue weighted by atomic mass is 9.84. The normalized spacial score (nSPS) is 31.9. The molecule has 1 rings (SSSR count). The molecule has 1 aliphatic rings. The molecule has 0 saturated heterocycles. The zero-order chi connectivity index (χ0) is 27.6. The SMILES string of the molecule is CCCOC1[C@@H](OCCC)[C@H](OP(=O)(O)CO)C(OP(=O)(O)CO)[C@@H](OP(=O)(O)CO)[C@H]1OCCC. The highest BCUT2D eigenvalue weighted by atomic mass is 31.2. The van der Waals surface area contributed by atoms with Crippen molar-refractivity contribution in [1.29, 1.82) is 0 Å². The minimum atomic E-state index is -4.83. The zero-order valence-electron chi connectivity index (χ0n) is 20.5. The molecule has 15 nitrogen and oxygen atoms in total. The summed E-state index contributed by atoms with van der Waals surface area (Å²) in [7, 11) is -14.4. The molecule has 5 unspecified atom stereocenters. The molecule has 0 amide bonds. The highest BCUT2D eigenvalue weighted by molar-refractivity contribution is 7.53. The number of hydrogen-bond acceptors (Lipinski definition) is 12. The van der Waals surface area contributed by atoms with Crippen LogP contribution in [0.15, 0.2) is 0 Å². The van der Waals surface area contributed by atoms with Crippen LogP contribution < -0.4 is 0 Å². The van der Waals surface area contributed by atoms with Gasteiger partial charge in [-0.1, -0.05) is 20.8 Å². The van der Waals surface area contributed by atoms with Gasteiger partial charge in [0, 0.05) is 19.8 Å². The lowest BCUT2D eigenvalue weighted by molar-refractivity contribution is -0.245. The average Bonchev–Trinajstić information content (AvgIpc) is 2.83. The standard InChI is InChI=1S/C18H39O15P3/c1-4-7-28-13-14(29-8-5-2)16(31-34(22,23)10-19)18(33-36(26,27)12-21)17(15(13)30-9-6-3)32-35(24,25)11-20/h13-21H,4-12H2,1-3H3,(H,22,23)(H,24,25)(H,26,27)/t13?,14-,15+,16-,17-,18?/m0/s1. The molecule has 216 valence electrons. The van der Waals surface area contributed by atoms with Crippen LogP contribution in [0.2, 0.25) is 0 Å². The summed E-state index contributed by atoms with van der Waals surface area (Å²) in [5.41, 5.74) is 0. The first-order chi connectivity index (χ1) is 16.8. The average molecular weight is 588 g/mol. The minimum Gasteiger partial charge on any atom is -0.384 e. The smallest absolute Gasteiger partial charge is 0.353 e. The van der Waals surface area contributed by atoms with Gasteiger partial charge in [-0.2, -0.15) is 0 Å². The van der Waals surface area contributed by atoms with Crippen LogP contribution in [0.25, 0.3) is 0 Å². The van der Waals surface area contributed by atoms with Crippen molar-refractivity contribution in [3.8, 4) is 0 Å². The summed E-state index contributed by atoms with van der Waals surface area (Å²) in [6.07, 6.45) is -12.0. The molecule has 6 N–H and O–H groups in total. The summed E-state index contributed by atoms with van der Waals surface area (Å²) in [5, 5.41) is 28.0. The number of aliphatic hydroxyl groups excluding tert-OH is 3. The Hall–Kier alpha value is 0.210. The van der Waals surface area contributed by atoms with E-state index in [0.717, 1.165) is 0 Å². The van der Waals surface area contributed by atoms with E-state index < -0.39 is 78.5 Å². The van der Waals surface area contributed by atoms with Gasteiger partial charge in [-0.25, -0.2) is 0 Å². The summed E-state index contributed by atoms with van der Waals surface area (Å²) in [6, 6.07) is 0. The maximum atomic E-state index is 12.4. The van der Waals surface area contributed by atoms with Crippen molar-refractivity contribution in [3.05, 3.63) is 0 Å². The Balaban J connectivity index is 3.80. The summed E-state index contributed by atoms with van der Waals surface area (Å²) in [4.78, 5) is 30.2. The van der Waals surface area contributed by atoms with E-state index in [1.54, 1.807) is 20.8 Å². The quantitative estimate of drug-likeness (QED) is 0.122. The molecular weight excluding hydrogens is 549 g/mol. The zero-order valence-corrected chi connectivity index (χ0v) is 23.2. The van der Waals surface area contributed by atoms with Crippen molar-refractivity contribution in [2.24, 2.45) is 0 Å². The molecule has 0 aromatic heterocycles. The van der Waals surface area contributed by atoms with Gasteiger partial charge in [0.25, 0.3) is 0 Å². The first-order valence-corrected chi connectivity index (χ1v) is 16.8. The molecule has 0 radical (unpaired) electrons. The van der Waals surface area contributed by atoms with Crippen LogP contribution in [-0.4, -0.2) is 105 Å². The second kappa shape index (κ2) is 15.7. The van der Waals surface area contributed by atoms with Gasteiger partial charge in [-0.3, -0.25) is 27.3 Å². The number of aliphatic hydroxyl groups is 3. The monoisotopic (exact) mass is 588 g/mol. The molecule has 1 fully saturated rings. The first kappa shape index (κ1) is 34.2. The second-order valence-electron chi connectivity index (χ2n) is 8.05. The second-order valence-corrected chi connectivity index (χ2v) is 13.4. The molecule has 0 aromatic carbocycles. The highest BCUT2D eigenvalue weighted by Crippen LogP contribution is 2.53. The van der Waals surface area contributed by atoms with Gasteiger partial charge in [-0.15, -0.1) is 0 Å². The maximum Gasteiger partial charge on any atom is 0.353 e. The van der Waals surface area contributed by atoms with Crippen molar-refractivity contribution in [3.63, 3.8) is 0 Å². The molecule has 0 spiro atoms. The molecule has 1 saturated carbocycles. The molecule has 36 heavy (non-hydrogen) atoms. The molecule has 1 aliphatic carbocycles. The summed E-state index contributed by atoms with van der Waals surface area (Å²) >= 11 is 0. The Morgan fingerprint density at radius 2 is 0.722 bits per heavy atom. The van der Waals surface area contributed by atoms with E-state index >= 15 is 0 Å². The Labute approximate surface area is 210 Å². The van der Waals surface area contributed by atoms with Gasteiger partial charge in [-0.05, 0) is 19.3 Å². The van der Waals surface area contributed by atoms with E-state index in [9.17, 15) is 43.7 Å². The molecule has 0 bridgehead atoms. The summed E-state index contributed by atoms with van der Waals surface area (Å²) in [6.45, 7) is 5.59. The van der Waals surface area contributed by atoms with Crippen LogP contribution in [0.5, 0.6) is 0 Å². The van der Waals surface area contributed by atoms with Crippen LogP contribution >= 0.6 is 22.8 Å². The van der Waals surface area contributed by atoms with E-state index in [0.29, 0.717) is 19.3 Å². The number of rotatable bonds is 18. The van der Waals surface area contributed by atoms with Crippen molar-refractivity contribution < 1.29 is 71.5 Å². The molecule has 0 aromatic rings. The van der Waals surface area contributed by atoms with Crippen LogP contribution in [-0.2, 0) is 41.5 Å². The third-order valence-electron chi connectivity index (χ3n) is 4.88. The van der Waals surface area contributed by atoms with Crippen LogP contribution in [0.3, 0.4) is 0 Å². The van der Waals surface area contributed by atoms with Gasteiger partial charge in [0.2, 0.25) is 0 Å². The Kier molecular flexibility index (Phi) is 14.9. The van der Waals surface area contributed by atoms with Gasteiger partial charge in [0.15, 0.2) is 0 Å². The largest absolute Gasteiger partial charge is 0.384 e. The number of ether oxygens (including phenoxy) is 3. The van der Waals surface area contributed by atoms with Crippen LogP contribution in [0, 0.1) is 0 Å². The molecule has 0 heterocycles. The molecule has 0 aliphatic heterocycles. The fourth-order valence-corrected chi connectivity index (χ4v) is 5.54. The summed E-state index contributed by atoms with van der Waals surface area (Å²) in [5.74, 6) is 0. The van der Waals surface area contributed by atoms with E-state index in [1.807, 2.05) is 0 Å². The Morgan fingerprint density at radius 1 is 0.500 bits per heavy atom. The minimum absolute atomic E-state index is 0.0655. The predicted molar refractivity (Wildman–Crippen MR) is 125 cm³/mol. The van der Waals surface area contributed by atoms with E-state index in [1.165, 1.54) is 0 Å². The first-order valence-electron chi connectivity index (χ1n) is 11.5. The lowest BCUT2D eigenvalue weighted by Gasteiger charge is -2.49.